The smallest absolute Gasteiger partial charge is 0.129 e. The van der Waals surface area contributed by atoms with Crippen molar-refractivity contribution in [2.24, 2.45) is 0 Å². The molecule has 1 saturated carbocycles. The zero-order chi connectivity index (χ0) is 14.7. The number of nitriles is 1. The van der Waals surface area contributed by atoms with Crippen LogP contribution in [-0.4, -0.2) is 32.0 Å². The highest BCUT2D eigenvalue weighted by Crippen LogP contribution is 2.31. The lowest BCUT2D eigenvalue weighted by molar-refractivity contribution is -0.118. The monoisotopic (exact) mass is 278 g/mol. The summed E-state index contributed by atoms with van der Waals surface area (Å²) >= 11 is 0. The summed E-state index contributed by atoms with van der Waals surface area (Å²) < 4.78 is 24.7. The molecule has 2 rings (SSSR count). The third kappa shape index (κ3) is 2.77. The molecule has 1 N–H and O–H groups in total. The molecule has 0 aliphatic heterocycles. The first-order chi connectivity index (χ1) is 9.60. The summed E-state index contributed by atoms with van der Waals surface area (Å²) in [4.78, 5) is 0. The molecule has 3 atom stereocenters. The van der Waals surface area contributed by atoms with Crippen LogP contribution in [-0.2, 0) is 9.47 Å². The summed E-state index contributed by atoms with van der Waals surface area (Å²) in [7, 11) is 1.64. The van der Waals surface area contributed by atoms with E-state index in [9.17, 15) is 4.39 Å². The Morgan fingerprint density at radius 1 is 1.50 bits per heavy atom. The number of nitrogens with one attached hydrogen (secondary N) is 1. The van der Waals surface area contributed by atoms with Gasteiger partial charge in [-0.05, 0) is 32.4 Å². The Balaban J connectivity index is 2.11. The largest absolute Gasteiger partial charge is 0.379 e. The zero-order valence-electron chi connectivity index (χ0n) is 11.9. The summed E-state index contributed by atoms with van der Waals surface area (Å²) in [6, 6.07) is 4.95. The van der Waals surface area contributed by atoms with E-state index in [0.717, 1.165) is 6.42 Å². The Labute approximate surface area is 118 Å². The molecule has 0 amide bonds. The minimum Gasteiger partial charge on any atom is -0.379 e. The van der Waals surface area contributed by atoms with Crippen molar-refractivity contribution in [3.8, 4) is 6.07 Å². The average Bonchev–Trinajstić information content (AvgIpc) is 2.42. The summed E-state index contributed by atoms with van der Waals surface area (Å²) in [5.74, 6) is -0.374. The van der Waals surface area contributed by atoms with Crippen LogP contribution < -0.4 is 5.32 Å². The van der Waals surface area contributed by atoms with Gasteiger partial charge in [0.2, 0.25) is 0 Å². The number of halogens is 1. The third-order valence-electron chi connectivity index (χ3n) is 3.72. The molecule has 108 valence electrons. The van der Waals surface area contributed by atoms with Gasteiger partial charge in [-0.25, -0.2) is 4.39 Å². The fraction of sp³-hybridized carbons (Fsp3) is 0.533. The Hall–Kier alpha value is -1.64. The van der Waals surface area contributed by atoms with E-state index in [1.807, 2.05) is 13.0 Å². The van der Waals surface area contributed by atoms with Crippen molar-refractivity contribution in [2.45, 2.75) is 38.5 Å². The topological polar surface area (TPSA) is 54.3 Å². The van der Waals surface area contributed by atoms with Gasteiger partial charge in [-0.2, -0.15) is 5.26 Å². The molecule has 0 bridgehead atoms. The minimum atomic E-state index is -0.374. The molecule has 1 aromatic rings. The van der Waals surface area contributed by atoms with Gasteiger partial charge in [-0.3, -0.25) is 0 Å². The van der Waals surface area contributed by atoms with Crippen LogP contribution in [0.2, 0.25) is 0 Å². The predicted octanol–water partition coefficient (Wildman–Crippen LogP) is 2.61. The van der Waals surface area contributed by atoms with E-state index in [1.54, 1.807) is 20.1 Å². The van der Waals surface area contributed by atoms with Gasteiger partial charge in [0, 0.05) is 25.0 Å². The van der Waals surface area contributed by atoms with Gasteiger partial charge in [-0.15, -0.1) is 0 Å². The van der Waals surface area contributed by atoms with E-state index in [0.29, 0.717) is 23.4 Å². The molecule has 0 radical (unpaired) electrons. The maximum absolute atomic E-state index is 13.7. The van der Waals surface area contributed by atoms with Crippen LogP contribution in [0.5, 0.6) is 0 Å². The quantitative estimate of drug-likeness (QED) is 0.899. The maximum atomic E-state index is 13.7. The summed E-state index contributed by atoms with van der Waals surface area (Å²) in [6.07, 6.45) is 0.833. The normalized spacial score (nSPS) is 24.9. The van der Waals surface area contributed by atoms with Gasteiger partial charge in [-0.1, -0.05) is 0 Å². The van der Waals surface area contributed by atoms with Gasteiger partial charge in [0.15, 0.2) is 0 Å². The molecule has 0 spiro atoms. The van der Waals surface area contributed by atoms with Gasteiger partial charge >= 0.3 is 0 Å². The molecule has 0 heterocycles. The van der Waals surface area contributed by atoms with Crippen molar-refractivity contribution in [1.29, 1.82) is 5.26 Å². The SMILES string of the molecule is CCOC1CC(Nc2cc(C#N)cc(F)c2C)C1OC. The number of methoxy groups -OCH3 is 1. The van der Waals surface area contributed by atoms with E-state index in [-0.39, 0.29) is 24.1 Å². The van der Waals surface area contributed by atoms with Crippen LogP contribution in [0.25, 0.3) is 0 Å². The number of hydrogen-bond donors (Lipinski definition) is 1. The highest BCUT2D eigenvalue weighted by atomic mass is 19.1. The molecule has 20 heavy (non-hydrogen) atoms. The third-order valence-corrected chi connectivity index (χ3v) is 3.72. The van der Waals surface area contributed by atoms with E-state index < -0.39 is 0 Å². The number of hydrogen-bond acceptors (Lipinski definition) is 4. The molecule has 0 aromatic heterocycles. The van der Waals surface area contributed by atoms with E-state index in [4.69, 9.17) is 14.7 Å². The lowest BCUT2D eigenvalue weighted by Gasteiger charge is -2.44. The maximum Gasteiger partial charge on any atom is 0.129 e. The van der Waals surface area contributed by atoms with E-state index in [1.165, 1.54) is 6.07 Å². The number of ether oxygens (including phenoxy) is 2. The fourth-order valence-corrected chi connectivity index (χ4v) is 2.51. The molecular formula is C15H19FN2O2. The second-order valence-corrected chi connectivity index (χ2v) is 4.92. The number of anilines is 1. The van der Waals surface area contributed by atoms with Crippen molar-refractivity contribution in [2.75, 3.05) is 19.0 Å². The van der Waals surface area contributed by atoms with Crippen molar-refractivity contribution in [3.05, 3.63) is 29.1 Å². The number of rotatable bonds is 5. The Morgan fingerprint density at radius 3 is 2.85 bits per heavy atom. The standard InChI is InChI=1S/C15H19FN2O2/c1-4-20-14-7-13(15(14)19-3)18-12-6-10(8-17)5-11(16)9(12)2/h5-6,13-15,18H,4,7H2,1-3H3. The molecular weight excluding hydrogens is 259 g/mol. The molecule has 0 saturated heterocycles. The zero-order valence-corrected chi connectivity index (χ0v) is 11.9. The molecule has 3 unspecified atom stereocenters. The van der Waals surface area contributed by atoms with Crippen LogP contribution in [0.1, 0.15) is 24.5 Å². The first-order valence-corrected chi connectivity index (χ1v) is 6.71. The van der Waals surface area contributed by atoms with Gasteiger partial charge in [0.05, 0.1) is 23.8 Å². The molecule has 1 aliphatic rings. The predicted molar refractivity (Wildman–Crippen MR) is 74.1 cm³/mol. The van der Waals surface area contributed by atoms with Crippen molar-refractivity contribution in [1.82, 2.24) is 0 Å². The fourth-order valence-electron chi connectivity index (χ4n) is 2.51. The van der Waals surface area contributed by atoms with E-state index in [2.05, 4.69) is 5.32 Å². The minimum absolute atomic E-state index is 0.0526. The van der Waals surface area contributed by atoms with Crippen LogP contribution >= 0.6 is 0 Å². The first-order valence-electron chi connectivity index (χ1n) is 6.71. The van der Waals surface area contributed by atoms with Crippen LogP contribution in [0.3, 0.4) is 0 Å². The van der Waals surface area contributed by atoms with Gasteiger partial charge in [0.1, 0.15) is 11.9 Å². The first kappa shape index (κ1) is 14.8. The van der Waals surface area contributed by atoms with E-state index >= 15 is 0 Å². The Morgan fingerprint density at radius 2 is 2.25 bits per heavy atom. The second kappa shape index (κ2) is 6.21. The number of benzene rings is 1. The molecule has 1 aromatic carbocycles. The second-order valence-electron chi connectivity index (χ2n) is 4.92. The van der Waals surface area contributed by atoms with Crippen LogP contribution in [0.15, 0.2) is 12.1 Å². The lowest BCUT2D eigenvalue weighted by Crippen LogP contribution is -2.56. The van der Waals surface area contributed by atoms with Crippen molar-refractivity contribution in [3.63, 3.8) is 0 Å². The summed E-state index contributed by atoms with van der Waals surface area (Å²) in [5, 5.41) is 12.2. The molecule has 5 heteroatoms. The van der Waals surface area contributed by atoms with Crippen molar-refractivity contribution < 1.29 is 13.9 Å². The summed E-state index contributed by atoms with van der Waals surface area (Å²) in [6.45, 7) is 4.29. The van der Waals surface area contributed by atoms with Crippen molar-refractivity contribution >= 4 is 5.69 Å². The number of nitrogens with zero attached hydrogens (tertiary/aromatic N) is 1. The molecule has 1 fully saturated rings. The summed E-state index contributed by atoms with van der Waals surface area (Å²) in [5.41, 5.74) is 1.47. The molecule has 4 nitrogen and oxygen atoms in total. The van der Waals surface area contributed by atoms with Crippen LogP contribution in [0, 0.1) is 24.1 Å². The highest BCUT2D eigenvalue weighted by molar-refractivity contribution is 5.57. The average molecular weight is 278 g/mol. The van der Waals surface area contributed by atoms with Crippen LogP contribution in [0.4, 0.5) is 10.1 Å². The molecule has 1 aliphatic carbocycles. The van der Waals surface area contributed by atoms with Gasteiger partial charge in [0.25, 0.3) is 0 Å². The lowest BCUT2D eigenvalue weighted by atomic mass is 9.84. The van der Waals surface area contributed by atoms with Gasteiger partial charge < -0.3 is 14.8 Å². The Bertz CT molecular complexity index is 527. The highest BCUT2D eigenvalue weighted by Gasteiger charge is 2.42. The Kier molecular flexibility index (Phi) is 4.58.